The van der Waals surface area contributed by atoms with Gasteiger partial charge in [-0.1, -0.05) is 25.1 Å². The second kappa shape index (κ2) is 5.01. The maximum Gasteiger partial charge on any atom is 0.573 e. The van der Waals surface area contributed by atoms with Crippen molar-refractivity contribution in [1.82, 2.24) is 0 Å². The van der Waals surface area contributed by atoms with Crippen molar-refractivity contribution in [2.75, 3.05) is 0 Å². The fourth-order valence-corrected chi connectivity index (χ4v) is 1.29. The van der Waals surface area contributed by atoms with Crippen LogP contribution in [-0.4, -0.2) is 12.6 Å². The number of benzene rings is 1. The number of aldehydes is 1. The third-order valence-corrected chi connectivity index (χ3v) is 1.97. The average molecular weight is 232 g/mol. The number of hydrogen-bond donors (Lipinski definition) is 0. The van der Waals surface area contributed by atoms with E-state index >= 15 is 0 Å². The van der Waals surface area contributed by atoms with E-state index in [1.54, 1.807) is 13.0 Å². The van der Waals surface area contributed by atoms with Gasteiger partial charge < -0.3 is 9.53 Å². The van der Waals surface area contributed by atoms with Gasteiger partial charge in [0.1, 0.15) is 12.0 Å². The molecular formula is C11H11F3O2. The molecule has 0 N–H and O–H groups in total. The first-order valence-corrected chi connectivity index (χ1v) is 4.71. The molecule has 1 aromatic carbocycles. The summed E-state index contributed by atoms with van der Waals surface area (Å²) in [7, 11) is 0. The number of alkyl halides is 3. The molecule has 0 aliphatic carbocycles. The first-order chi connectivity index (χ1) is 7.42. The molecule has 0 bridgehead atoms. The van der Waals surface area contributed by atoms with Gasteiger partial charge in [0, 0.05) is 5.92 Å². The van der Waals surface area contributed by atoms with Crippen molar-refractivity contribution in [2.24, 2.45) is 5.92 Å². The fourth-order valence-electron chi connectivity index (χ4n) is 1.29. The van der Waals surface area contributed by atoms with Crippen LogP contribution >= 0.6 is 0 Å². The summed E-state index contributed by atoms with van der Waals surface area (Å²) in [5.41, 5.74) is 0.374. The van der Waals surface area contributed by atoms with E-state index in [-0.39, 0.29) is 18.1 Å². The Balaban J connectivity index is 2.87. The summed E-state index contributed by atoms with van der Waals surface area (Å²) in [6.07, 6.45) is -3.78. The van der Waals surface area contributed by atoms with E-state index in [0.717, 1.165) is 0 Å². The fraction of sp³-hybridized carbons (Fsp3) is 0.364. The van der Waals surface area contributed by atoms with Crippen molar-refractivity contribution in [3.63, 3.8) is 0 Å². The van der Waals surface area contributed by atoms with Crippen molar-refractivity contribution >= 4 is 6.29 Å². The first-order valence-electron chi connectivity index (χ1n) is 4.71. The highest BCUT2D eigenvalue weighted by molar-refractivity contribution is 5.54. The first kappa shape index (κ1) is 12.5. The second-order valence-electron chi connectivity index (χ2n) is 3.47. The Morgan fingerprint density at radius 2 is 2.00 bits per heavy atom. The predicted octanol–water partition coefficient (Wildman–Crippen LogP) is 2.96. The molecule has 0 saturated carbocycles. The zero-order chi connectivity index (χ0) is 12.2. The molecule has 0 radical (unpaired) electrons. The molecule has 1 unspecified atom stereocenters. The highest BCUT2D eigenvalue weighted by Crippen LogP contribution is 2.27. The van der Waals surface area contributed by atoms with Crippen LogP contribution in [0.2, 0.25) is 0 Å². The van der Waals surface area contributed by atoms with Gasteiger partial charge in [-0.2, -0.15) is 0 Å². The molecule has 88 valence electrons. The molecule has 0 aliphatic heterocycles. The summed E-state index contributed by atoms with van der Waals surface area (Å²) >= 11 is 0. The van der Waals surface area contributed by atoms with E-state index in [2.05, 4.69) is 4.74 Å². The molecule has 0 amide bonds. The van der Waals surface area contributed by atoms with Gasteiger partial charge in [0.25, 0.3) is 0 Å². The van der Waals surface area contributed by atoms with Gasteiger partial charge in [-0.05, 0) is 18.1 Å². The standard InChI is InChI=1S/C11H11F3O2/c1-8(7-15)6-9-4-2-3-5-10(9)16-11(12,13)14/h2-5,7-8H,6H2,1H3. The molecule has 0 spiro atoms. The summed E-state index contributed by atoms with van der Waals surface area (Å²) in [5.74, 6) is -0.582. The minimum atomic E-state index is -4.71. The van der Waals surface area contributed by atoms with Crippen molar-refractivity contribution in [3.8, 4) is 5.75 Å². The van der Waals surface area contributed by atoms with Crippen LogP contribution in [0.5, 0.6) is 5.75 Å². The number of halogens is 3. The Labute approximate surface area is 91.0 Å². The molecular weight excluding hydrogens is 221 g/mol. The van der Waals surface area contributed by atoms with E-state index in [4.69, 9.17) is 0 Å². The molecule has 0 aliphatic rings. The quantitative estimate of drug-likeness (QED) is 0.746. The number of rotatable bonds is 4. The molecule has 1 aromatic rings. The zero-order valence-electron chi connectivity index (χ0n) is 8.62. The highest BCUT2D eigenvalue weighted by atomic mass is 19.4. The van der Waals surface area contributed by atoms with Gasteiger partial charge in [-0.15, -0.1) is 13.2 Å². The second-order valence-corrected chi connectivity index (χ2v) is 3.47. The molecule has 0 aromatic heterocycles. The van der Waals surface area contributed by atoms with Crippen molar-refractivity contribution in [3.05, 3.63) is 29.8 Å². The van der Waals surface area contributed by atoms with Crippen LogP contribution in [0, 0.1) is 5.92 Å². The van der Waals surface area contributed by atoms with Gasteiger partial charge in [-0.25, -0.2) is 0 Å². The van der Waals surface area contributed by atoms with Crippen LogP contribution in [0.4, 0.5) is 13.2 Å². The number of hydrogen-bond acceptors (Lipinski definition) is 2. The monoisotopic (exact) mass is 232 g/mol. The Kier molecular flexibility index (Phi) is 3.93. The molecule has 5 heteroatoms. The van der Waals surface area contributed by atoms with Gasteiger partial charge in [0.2, 0.25) is 0 Å². The van der Waals surface area contributed by atoms with E-state index in [1.165, 1.54) is 18.2 Å². The lowest BCUT2D eigenvalue weighted by Gasteiger charge is -2.13. The number of para-hydroxylation sites is 1. The van der Waals surface area contributed by atoms with Crippen molar-refractivity contribution < 1.29 is 22.7 Å². The Hall–Kier alpha value is -1.52. The Morgan fingerprint density at radius 1 is 1.38 bits per heavy atom. The number of carbonyl (C=O) groups is 1. The third-order valence-electron chi connectivity index (χ3n) is 1.97. The van der Waals surface area contributed by atoms with E-state index < -0.39 is 6.36 Å². The number of carbonyl (C=O) groups excluding carboxylic acids is 1. The summed E-state index contributed by atoms with van der Waals surface area (Å²) in [6.45, 7) is 1.64. The van der Waals surface area contributed by atoms with Crippen LogP contribution in [-0.2, 0) is 11.2 Å². The largest absolute Gasteiger partial charge is 0.573 e. The zero-order valence-corrected chi connectivity index (χ0v) is 8.62. The molecule has 0 heterocycles. The molecule has 1 atom stereocenters. The van der Waals surface area contributed by atoms with E-state index in [0.29, 0.717) is 11.8 Å². The van der Waals surface area contributed by atoms with Gasteiger partial charge in [0.15, 0.2) is 0 Å². The van der Waals surface area contributed by atoms with Crippen LogP contribution in [0.25, 0.3) is 0 Å². The molecule has 16 heavy (non-hydrogen) atoms. The molecule has 2 nitrogen and oxygen atoms in total. The van der Waals surface area contributed by atoms with E-state index in [9.17, 15) is 18.0 Å². The van der Waals surface area contributed by atoms with Crippen LogP contribution in [0.15, 0.2) is 24.3 Å². The topological polar surface area (TPSA) is 26.3 Å². The molecule has 1 rings (SSSR count). The summed E-state index contributed by atoms with van der Waals surface area (Å²) in [5, 5.41) is 0. The molecule has 0 fully saturated rings. The summed E-state index contributed by atoms with van der Waals surface area (Å²) in [6, 6.07) is 5.81. The van der Waals surface area contributed by atoms with Crippen LogP contribution < -0.4 is 4.74 Å². The van der Waals surface area contributed by atoms with Crippen LogP contribution in [0.1, 0.15) is 12.5 Å². The lowest BCUT2D eigenvalue weighted by atomic mass is 10.0. The Morgan fingerprint density at radius 3 is 2.56 bits per heavy atom. The molecule has 0 saturated heterocycles. The lowest BCUT2D eigenvalue weighted by molar-refractivity contribution is -0.274. The maximum atomic E-state index is 12.0. The minimum absolute atomic E-state index is 0.232. The predicted molar refractivity (Wildman–Crippen MR) is 52.1 cm³/mol. The normalized spacial score (nSPS) is 13.2. The average Bonchev–Trinajstić information content (AvgIpc) is 2.18. The smallest absolute Gasteiger partial charge is 0.406 e. The van der Waals surface area contributed by atoms with Gasteiger partial charge in [0.05, 0.1) is 0 Å². The summed E-state index contributed by atoms with van der Waals surface area (Å²) < 4.78 is 40.0. The van der Waals surface area contributed by atoms with Gasteiger partial charge in [-0.3, -0.25) is 0 Å². The highest BCUT2D eigenvalue weighted by Gasteiger charge is 2.32. The third kappa shape index (κ3) is 3.92. The Bertz CT molecular complexity index is 360. The van der Waals surface area contributed by atoms with Crippen molar-refractivity contribution in [2.45, 2.75) is 19.7 Å². The van der Waals surface area contributed by atoms with Crippen LogP contribution in [0.3, 0.4) is 0 Å². The SMILES string of the molecule is CC(C=O)Cc1ccccc1OC(F)(F)F. The maximum absolute atomic E-state index is 12.0. The minimum Gasteiger partial charge on any atom is -0.406 e. The van der Waals surface area contributed by atoms with Gasteiger partial charge >= 0.3 is 6.36 Å². The lowest BCUT2D eigenvalue weighted by Crippen LogP contribution is -2.18. The summed E-state index contributed by atoms with van der Waals surface area (Å²) in [4.78, 5) is 10.4. The van der Waals surface area contributed by atoms with Crippen molar-refractivity contribution in [1.29, 1.82) is 0 Å². The van der Waals surface area contributed by atoms with E-state index in [1.807, 2.05) is 0 Å². The number of ether oxygens (including phenoxy) is 1.